The SMILES string of the molecule is CCOC(=O)c1cc2c(-c3ccccc3N)c(C(N)=O)cnn2c1. The molecular formula is C17H16N4O3. The van der Waals surface area contributed by atoms with Crippen LogP contribution in [0.15, 0.2) is 42.7 Å². The van der Waals surface area contributed by atoms with E-state index in [0.29, 0.717) is 27.9 Å². The van der Waals surface area contributed by atoms with Gasteiger partial charge in [0.1, 0.15) is 0 Å². The molecule has 0 atom stereocenters. The number of carbonyl (C=O) groups excluding carboxylic acids is 2. The summed E-state index contributed by atoms with van der Waals surface area (Å²) in [5, 5.41) is 4.15. The van der Waals surface area contributed by atoms with Crippen molar-refractivity contribution in [2.24, 2.45) is 5.73 Å². The Labute approximate surface area is 137 Å². The summed E-state index contributed by atoms with van der Waals surface area (Å²) in [5.41, 5.74) is 14.3. The van der Waals surface area contributed by atoms with E-state index in [0.717, 1.165) is 0 Å². The van der Waals surface area contributed by atoms with Gasteiger partial charge in [0, 0.05) is 23.0 Å². The van der Waals surface area contributed by atoms with Crippen molar-refractivity contribution in [1.29, 1.82) is 0 Å². The van der Waals surface area contributed by atoms with Crippen LogP contribution in [0.4, 0.5) is 5.69 Å². The van der Waals surface area contributed by atoms with Gasteiger partial charge in [0.05, 0.1) is 29.4 Å². The molecule has 0 fully saturated rings. The van der Waals surface area contributed by atoms with Crippen molar-refractivity contribution in [1.82, 2.24) is 9.61 Å². The van der Waals surface area contributed by atoms with E-state index in [1.165, 1.54) is 10.7 Å². The van der Waals surface area contributed by atoms with E-state index in [1.54, 1.807) is 37.4 Å². The van der Waals surface area contributed by atoms with Crippen molar-refractivity contribution < 1.29 is 14.3 Å². The van der Waals surface area contributed by atoms with Crippen LogP contribution in [0, 0.1) is 0 Å². The molecule has 7 nitrogen and oxygen atoms in total. The highest BCUT2D eigenvalue weighted by atomic mass is 16.5. The average molecular weight is 324 g/mol. The van der Waals surface area contributed by atoms with Gasteiger partial charge in [-0.25, -0.2) is 9.31 Å². The minimum absolute atomic E-state index is 0.230. The molecule has 3 aromatic rings. The quantitative estimate of drug-likeness (QED) is 0.562. The number of rotatable bonds is 4. The molecule has 0 aliphatic heterocycles. The lowest BCUT2D eigenvalue weighted by Crippen LogP contribution is -2.14. The lowest BCUT2D eigenvalue weighted by molar-refractivity contribution is 0.0526. The fourth-order valence-corrected chi connectivity index (χ4v) is 2.58. The number of benzene rings is 1. The molecule has 4 N–H and O–H groups in total. The van der Waals surface area contributed by atoms with Gasteiger partial charge in [-0.3, -0.25) is 4.79 Å². The Balaban J connectivity index is 2.31. The number of nitrogen functional groups attached to an aromatic ring is 1. The number of nitrogens with two attached hydrogens (primary N) is 2. The Morgan fingerprint density at radius 2 is 2.04 bits per heavy atom. The van der Waals surface area contributed by atoms with Crippen LogP contribution in [0.25, 0.3) is 16.6 Å². The number of hydrogen-bond donors (Lipinski definition) is 2. The standard InChI is InChI=1S/C17H16N4O3/c1-2-24-17(23)10-7-14-15(11-5-3-4-6-13(11)18)12(16(19)22)8-20-21(14)9-10/h3-9H,2,18H2,1H3,(H2,19,22). The van der Waals surface area contributed by atoms with Crippen LogP contribution < -0.4 is 11.5 Å². The maximum absolute atomic E-state index is 12.0. The number of hydrogen-bond acceptors (Lipinski definition) is 5. The van der Waals surface area contributed by atoms with Gasteiger partial charge in [-0.2, -0.15) is 5.10 Å². The van der Waals surface area contributed by atoms with Crippen molar-refractivity contribution in [3.05, 3.63) is 53.9 Å². The van der Waals surface area contributed by atoms with E-state index < -0.39 is 11.9 Å². The zero-order valence-corrected chi connectivity index (χ0v) is 13.0. The summed E-state index contributed by atoms with van der Waals surface area (Å²) in [6.45, 7) is 2.00. The molecule has 0 unspecified atom stereocenters. The number of anilines is 1. The van der Waals surface area contributed by atoms with Crippen LogP contribution >= 0.6 is 0 Å². The number of para-hydroxylation sites is 1. The fourth-order valence-electron chi connectivity index (χ4n) is 2.58. The molecule has 0 radical (unpaired) electrons. The second-order valence-corrected chi connectivity index (χ2v) is 5.16. The summed E-state index contributed by atoms with van der Waals surface area (Å²) in [4.78, 5) is 23.8. The lowest BCUT2D eigenvalue weighted by Gasteiger charge is -2.11. The molecule has 0 aliphatic rings. The minimum atomic E-state index is -0.623. The predicted molar refractivity (Wildman–Crippen MR) is 89.5 cm³/mol. The van der Waals surface area contributed by atoms with Crippen LogP contribution in [-0.4, -0.2) is 28.1 Å². The first-order valence-corrected chi connectivity index (χ1v) is 7.36. The molecule has 3 rings (SSSR count). The number of aromatic nitrogens is 2. The average Bonchev–Trinajstić information content (AvgIpc) is 2.99. The molecule has 1 amide bonds. The third-order valence-corrected chi connectivity index (χ3v) is 3.64. The normalized spacial score (nSPS) is 10.7. The number of nitrogens with zero attached hydrogens (tertiary/aromatic N) is 2. The van der Waals surface area contributed by atoms with Gasteiger partial charge in [-0.1, -0.05) is 18.2 Å². The third-order valence-electron chi connectivity index (χ3n) is 3.64. The Morgan fingerprint density at radius 1 is 1.29 bits per heavy atom. The monoisotopic (exact) mass is 324 g/mol. The number of primary amides is 1. The van der Waals surface area contributed by atoms with E-state index in [4.69, 9.17) is 16.2 Å². The Kier molecular flexibility index (Phi) is 3.91. The first kappa shape index (κ1) is 15.5. The number of ether oxygens (including phenoxy) is 1. The highest BCUT2D eigenvalue weighted by molar-refractivity contribution is 6.06. The first-order valence-electron chi connectivity index (χ1n) is 7.36. The van der Waals surface area contributed by atoms with Crippen LogP contribution in [0.1, 0.15) is 27.6 Å². The Morgan fingerprint density at radius 3 is 2.71 bits per heavy atom. The summed E-state index contributed by atoms with van der Waals surface area (Å²) in [5.74, 6) is -1.09. The Hall–Kier alpha value is -3.35. The second kappa shape index (κ2) is 6.04. The van der Waals surface area contributed by atoms with Gasteiger partial charge < -0.3 is 16.2 Å². The number of amides is 1. The fraction of sp³-hybridized carbons (Fsp3) is 0.118. The molecule has 0 saturated heterocycles. The van der Waals surface area contributed by atoms with Crippen LogP contribution in [-0.2, 0) is 4.74 Å². The third kappa shape index (κ3) is 2.56. The summed E-state index contributed by atoms with van der Waals surface area (Å²) in [7, 11) is 0. The summed E-state index contributed by atoms with van der Waals surface area (Å²) < 4.78 is 6.51. The van der Waals surface area contributed by atoms with Crippen LogP contribution in [0.3, 0.4) is 0 Å². The van der Waals surface area contributed by atoms with Gasteiger partial charge in [0.2, 0.25) is 0 Å². The second-order valence-electron chi connectivity index (χ2n) is 5.16. The zero-order valence-electron chi connectivity index (χ0n) is 13.0. The number of esters is 1. The molecule has 7 heteroatoms. The summed E-state index contributed by atoms with van der Waals surface area (Å²) in [6, 6.07) is 8.73. The van der Waals surface area contributed by atoms with Crippen molar-refractivity contribution in [3.8, 4) is 11.1 Å². The van der Waals surface area contributed by atoms with E-state index in [9.17, 15) is 9.59 Å². The van der Waals surface area contributed by atoms with Gasteiger partial charge in [-0.05, 0) is 19.1 Å². The Bertz CT molecular complexity index is 946. The molecule has 0 bridgehead atoms. The molecule has 0 aliphatic carbocycles. The summed E-state index contributed by atoms with van der Waals surface area (Å²) in [6.07, 6.45) is 2.91. The highest BCUT2D eigenvalue weighted by Crippen LogP contribution is 2.33. The van der Waals surface area contributed by atoms with Crippen LogP contribution in [0.2, 0.25) is 0 Å². The topological polar surface area (TPSA) is 113 Å². The van der Waals surface area contributed by atoms with Gasteiger partial charge in [0.15, 0.2) is 0 Å². The predicted octanol–water partition coefficient (Wildman–Crippen LogP) is 1.86. The molecule has 0 spiro atoms. The molecular weight excluding hydrogens is 308 g/mol. The molecule has 24 heavy (non-hydrogen) atoms. The number of fused-ring (bicyclic) bond motifs is 1. The maximum atomic E-state index is 12.0. The van der Waals surface area contributed by atoms with Crippen molar-refractivity contribution >= 4 is 23.1 Å². The van der Waals surface area contributed by atoms with Crippen molar-refractivity contribution in [3.63, 3.8) is 0 Å². The zero-order chi connectivity index (χ0) is 17.3. The molecule has 2 heterocycles. The van der Waals surface area contributed by atoms with Crippen LogP contribution in [0.5, 0.6) is 0 Å². The molecule has 0 saturated carbocycles. The molecule has 122 valence electrons. The summed E-state index contributed by atoms with van der Waals surface area (Å²) >= 11 is 0. The largest absolute Gasteiger partial charge is 0.462 e. The smallest absolute Gasteiger partial charge is 0.339 e. The lowest BCUT2D eigenvalue weighted by atomic mass is 9.99. The van der Waals surface area contributed by atoms with Gasteiger partial charge >= 0.3 is 5.97 Å². The molecule has 2 aromatic heterocycles. The van der Waals surface area contributed by atoms with Gasteiger partial charge in [0.25, 0.3) is 5.91 Å². The van der Waals surface area contributed by atoms with Gasteiger partial charge in [-0.15, -0.1) is 0 Å². The van der Waals surface area contributed by atoms with E-state index >= 15 is 0 Å². The number of carbonyl (C=O) groups is 2. The maximum Gasteiger partial charge on any atom is 0.339 e. The highest BCUT2D eigenvalue weighted by Gasteiger charge is 2.20. The van der Waals surface area contributed by atoms with E-state index in [1.807, 2.05) is 6.07 Å². The van der Waals surface area contributed by atoms with Crippen molar-refractivity contribution in [2.45, 2.75) is 6.92 Å². The van der Waals surface area contributed by atoms with E-state index in [-0.39, 0.29) is 12.2 Å². The van der Waals surface area contributed by atoms with Crippen molar-refractivity contribution in [2.75, 3.05) is 12.3 Å². The minimum Gasteiger partial charge on any atom is -0.462 e. The van der Waals surface area contributed by atoms with E-state index in [2.05, 4.69) is 5.10 Å². The molecule has 1 aromatic carbocycles. The first-order chi connectivity index (χ1) is 11.5.